The Morgan fingerprint density at radius 3 is 2.81 bits per heavy atom. The van der Waals surface area contributed by atoms with Crippen molar-refractivity contribution in [3.8, 4) is 0 Å². The van der Waals surface area contributed by atoms with E-state index in [1.54, 1.807) is 6.26 Å². The lowest BCUT2D eigenvalue weighted by Crippen LogP contribution is -2.30. The molecule has 0 saturated heterocycles. The normalized spacial score (nSPS) is 11.6. The molecule has 0 radical (unpaired) electrons. The maximum absolute atomic E-state index is 5.24. The van der Waals surface area contributed by atoms with Crippen LogP contribution in [0.4, 0.5) is 0 Å². The summed E-state index contributed by atoms with van der Waals surface area (Å²) in [5.74, 6) is 1.79. The van der Waals surface area contributed by atoms with Gasteiger partial charge in [-0.15, -0.1) is 0 Å². The van der Waals surface area contributed by atoms with Crippen LogP contribution in [-0.2, 0) is 6.54 Å². The smallest absolute Gasteiger partial charge is 0.117 e. The Morgan fingerprint density at radius 1 is 1.38 bits per heavy atom. The Labute approximate surface area is 98.8 Å². The van der Waals surface area contributed by atoms with E-state index in [-0.39, 0.29) is 0 Å². The van der Waals surface area contributed by atoms with Gasteiger partial charge in [0, 0.05) is 13.1 Å². The standard InChI is InChI=1S/C13H24N2O/c1-12(2)6-8-15(3)9-7-14-11-13-5-4-10-16-13/h4-5,10,12,14H,6-9,11H2,1-3H3. The molecular weight excluding hydrogens is 200 g/mol. The monoisotopic (exact) mass is 224 g/mol. The van der Waals surface area contributed by atoms with Gasteiger partial charge in [0.1, 0.15) is 5.76 Å². The van der Waals surface area contributed by atoms with Gasteiger partial charge in [-0.05, 0) is 38.1 Å². The SMILES string of the molecule is CC(C)CCN(C)CCNCc1ccco1. The van der Waals surface area contributed by atoms with Gasteiger partial charge < -0.3 is 14.6 Å². The van der Waals surface area contributed by atoms with Gasteiger partial charge in [-0.25, -0.2) is 0 Å². The number of hydrogen-bond acceptors (Lipinski definition) is 3. The van der Waals surface area contributed by atoms with E-state index in [9.17, 15) is 0 Å². The van der Waals surface area contributed by atoms with E-state index in [1.807, 2.05) is 12.1 Å². The average molecular weight is 224 g/mol. The number of nitrogens with zero attached hydrogens (tertiary/aromatic N) is 1. The molecule has 1 rings (SSSR count). The zero-order valence-corrected chi connectivity index (χ0v) is 10.7. The summed E-state index contributed by atoms with van der Waals surface area (Å²) in [6.45, 7) is 8.64. The lowest BCUT2D eigenvalue weighted by molar-refractivity contribution is 0.307. The highest BCUT2D eigenvalue weighted by atomic mass is 16.3. The summed E-state index contributed by atoms with van der Waals surface area (Å²) in [6, 6.07) is 3.92. The zero-order valence-electron chi connectivity index (χ0n) is 10.7. The molecule has 0 bridgehead atoms. The molecule has 0 fully saturated rings. The quantitative estimate of drug-likeness (QED) is 0.687. The molecule has 3 nitrogen and oxygen atoms in total. The van der Waals surface area contributed by atoms with Crippen molar-refractivity contribution >= 4 is 0 Å². The van der Waals surface area contributed by atoms with Gasteiger partial charge in [0.2, 0.25) is 0 Å². The van der Waals surface area contributed by atoms with Crippen molar-refractivity contribution in [2.24, 2.45) is 5.92 Å². The van der Waals surface area contributed by atoms with E-state index < -0.39 is 0 Å². The molecule has 1 N–H and O–H groups in total. The van der Waals surface area contributed by atoms with Crippen molar-refractivity contribution in [3.05, 3.63) is 24.2 Å². The number of furan rings is 1. The highest BCUT2D eigenvalue weighted by Crippen LogP contribution is 2.00. The number of likely N-dealkylation sites (N-methyl/N-ethyl adjacent to an activating group) is 1. The average Bonchev–Trinajstić information content (AvgIpc) is 2.74. The minimum atomic E-state index is 0.790. The molecule has 92 valence electrons. The number of hydrogen-bond donors (Lipinski definition) is 1. The fourth-order valence-corrected chi connectivity index (χ4v) is 1.49. The molecule has 0 saturated carbocycles. The van der Waals surface area contributed by atoms with Crippen LogP contribution in [0.25, 0.3) is 0 Å². The van der Waals surface area contributed by atoms with Crippen LogP contribution in [-0.4, -0.2) is 31.6 Å². The summed E-state index contributed by atoms with van der Waals surface area (Å²) < 4.78 is 5.24. The number of nitrogens with one attached hydrogen (secondary N) is 1. The molecule has 0 unspecified atom stereocenters. The van der Waals surface area contributed by atoms with Crippen LogP contribution >= 0.6 is 0 Å². The van der Waals surface area contributed by atoms with E-state index in [0.29, 0.717) is 0 Å². The van der Waals surface area contributed by atoms with Crippen molar-refractivity contribution in [2.45, 2.75) is 26.8 Å². The second-order valence-corrected chi connectivity index (χ2v) is 4.74. The third-order valence-corrected chi connectivity index (χ3v) is 2.64. The maximum atomic E-state index is 5.24. The van der Waals surface area contributed by atoms with Gasteiger partial charge >= 0.3 is 0 Å². The molecule has 16 heavy (non-hydrogen) atoms. The predicted molar refractivity (Wildman–Crippen MR) is 67.4 cm³/mol. The topological polar surface area (TPSA) is 28.4 Å². The Morgan fingerprint density at radius 2 is 2.19 bits per heavy atom. The van der Waals surface area contributed by atoms with Gasteiger partial charge in [0.25, 0.3) is 0 Å². The van der Waals surface area contributed by atoms with Crippen LogP contribution < -0.4 is 5.32 Å². The fourth-order valence-electron chi connectivity index (χ4n) is 1.49. The summed E-state index contributed by atoms with van der Waals surface area (Å²) in [6.07, 6.45) is 2.99. The molecule has 1 heterocycles. The lowest BCUT2D eigenvalue weighted by atomic mass is 10.1. The van der Waals surface area contributed by atoms with Crippen LogP contribution in [0, 0.1) is 5.92 Å². The Balaban J connectivity index is 1.98. The molecule has 0 atom stereocenters. The van der Waals surface area contributed by atoms with Gasteiger partial charge in [0.05, 0.1) is 12.8 Å². The summed E-state index contributed by atoms with van der Waals surface area (Å²) in [7, 11) is 2.18. The van der Waals surface area contributed by atoms with Crippen molar-refractivity contribution in [1.82, 2.24) is 10.2 Å². The van der Waals surface area contributed by atoms with Crippen LogP contribution in [0.1, 0.15) is 26.0 Å². The first-order valence-corrected chi connectivity index (χ1v) is 6.10. The highest BCUT2D eigenvalue weighted by Gasteiger charge is 2.00. The molecule has 0 aromatic carbocycles. The first-order chi connectivity index (χ1) is 7.68. The highest BCUT2D eigenvalue weighted by molar-refractivity contribution is 4.97. The molecule has 0 aliphatic rings. The Kier molecular flexibility index (Phi) is 6.19. The molecule has 0 aliphatic carbocycles. The Bertz CT molecular complexity index is 257. The van der Waals surface area contributed by atoms with Gasteiger partial charge in [0.15, 0.2) is 0 Å². The first kappa shape index (κ1) is 13.3. The van der Waals surface area contributed by atoms with Crippen molar-refractivity contribution in [1.29, 1.82) is 0 Å². The summed E-state index contributed by atoms with van der Waals surface area (Å²) in [4.78, 5) is 2.37. The first-order valence-electron chi connectivity index (χ1n) is 6.10. The third-order valence-electron chi connectivity index (χ3n) is 2.64. The third kappa shape index (κ3) is 5.93. The van der Waals surface area contributed by atoms with Crippen molar-refractivity contribution in [2.75, 3.05) is 26.7 Å². The minimum Gasteiger partial charge on any atom is -0.468 e. The summed E-state index contributed by atoms with van der Waals surface area (Å²) >= 11 is 0. The molecule has 0 spiro atoms. The second kappa shape index (κ2) is 7.47. The predicted octanol–water partition coefficient (Wildman–Crippen LogP) is 2.35. The molecule has 3 heteroatoms. The van der Waals surface area contributed by atoms with Crippen LogP contribution in [0.15, 0.2) is 22.8 Å². The van der Waals surface area contributed by atoms with Gasteiger partial charge in [-0.2, -0.15) is 0 Å². The van der Waals surface area contributed by atoms with Gasteiger partial charge in [-0.3, -0.25) is 0 Å². The van der Waals surface area contributed by atoms with Gasteiger partial charge in [-0.1, -0.05) is 13.8 Å². The van der Waals surface area contributed by atoms with E-state index in [0.717, 1.165) is 31.3 Å². The van der Waals surface area contributed by atoms with E-state index in [4.69, 9.17) is 4.42 Å². The zero-order chi connectivity index (χ0) is 11.8. The van der Waals surface area contributed by atoms with Crippen molar-refractivity contribution < 1.29 is 4.42 Å². The van der Waals surface area contributed by atoms with E-state index in [1.165, 1.54) is 13.0 Å². The summed E-state index contributed by atoms with van der Waals surface area (Å²) in [5, 5.41) is 3.37. The van der Waals surface area contributed by atoms with Crippen LogP contribution in [0.3, 0.4) is 0 Å². The largest absolute Gasteiger partial charge is 0.468 e. The van der Waals surface area contributed by atoms with Crippen LogP contribution in [0.2, 0.25) is 0 Å². The molecular formula is C13H24N2O. The van der Waals surface area contributed by atoms with E-state index >= 15 is 0 Å². The molecule has 0 amide bonds. The Hall–Kier alpha value is -0.800. The number of rotatable bonds is 8. The molecule has 1 aromatic heterocycles. The maximum Gasteiger partial charge on any atom is 0.117 e. The molecule has 1 aromatic rings. The molecule has 0 aliphatic heterocycles. The fraction of sp³-hybridized carbons (Fsp3) is 0.692. The van der Waals surface area contributed by atoms with Crippen LogP contribution in [0.5, 0.6) is 0 Å². The summed E-state index contributed by atoms with van der Waals surface area (Å²) in [5.41, 5.74) is 0. The lowest BCUT2D eigenvalue weighted by Gasteiger charge is -2.17. The van der Waals surface area contributed by atoms with E-state index in [2.05, 4.69) is 31.1 Å². The second-order valence-electron chi connectivity index (χ2n) is 4.74. The minimum absolute atomic E-state index is 0.790. The van der Waals surface area contributed by atoms with Crippen molar-refractivity contribution in [3.63, 3.8) is 0 Å².